The fourth-order valence-electron chi connectivity index (χ4n) is 2.49. The van der Waals surface area contributed by atoms with E-state index in [-0.39, 0.29) is 10.8 Å². The Kier molecular flexibility index (Phi) is 7.05. The molecule has 0 unspecified atom stereocenters. The lowest BCUT2D eigenvalue weighted by molar-refractivity contribution is -0.111. The van der Waals surface area contributed by atoms with E-state index >= 15 is 0 Å². The Hall–Kier alpha value is -2.84. The molecule has 0 heterocycles. The normalized spacial score (nSPS) is 12.0. The first-order valence-corrected chi connectivity index (χ1v) is 10.4. The number of ether oxygens (including phenoxy) is 2. The summed E-state index contributed by atoms with van der Waals surface area (Å²) in [6.45, 7) is 5.30. The lowest BCUT2D eigenvalue weighted by Crippen LogP contribution is -2.40. The maximum absolute atomic E-state index is 12.3. The molecule has 1 amide bonds. The van der Waals surface area contributed by atoms with Crippen LogP contribution in [0.15, 0.2) is 53.4 Å². The van der Waals surface area contributed by atoms with Crippen LogP contribution in [0.4, 0.5) is 5.69 Å². The van der Waals surface area contributed by atoms with Crippen molar-refractivity contribution in [3.8, 4) is 11.5 Å². The number of benzene rings is 2. The zero-order chi connectivity index (χ0) is 21.7. The first kappa shape index (κ1) is 22.4. The van der Waals surface area contributed by atoms with Crippen molar-refractivity contribution < 1.29 is 22.7 Å². The van der Waals surface area contributed by atoms with Gasteiger partial charge in [-0.25, -0.2) is 13.1 Å². The fraction of sp³-hybridized carbons (Fsp3) is 0.286. The SMILES string of the molecule is COc1ccc(/C=C/C(=O)Nc2ccc(S(=O)(=O)NC(C)(C)C)cc2)cc1OC. The number of rotatable bonds is 7. The van der Waals surface area contributed by atoms with E-state index in [9.17, 15) is 13.2 Å². The molecule has 156 valence electrons. The number of carbonyl (C=O) groups is 1. The lowest BCUT2D eigenvalue weighted by atomic mass is 10.1. The fourth-order valence-corrected chi connectivity index (χ4v) is 3.91. The minimum absolute atomic E-state index is 0.131. The number of anilines is 1. The molecule has 0 aliphatic rings. The predicted molar refractivity (Wildman–Crippen MR) is 114 cm³/mol. The van der Waals surface area contributed by atoms with Crippen LogP contribution in [0.25, 0.3) is 6.08 Å². The summed E-state index contributed by atoms with van der Waals surface area (Å²) in [5.74, 6) is 0.823. The second kappa shape index (κ2) is 9.11. The Balaban J connectivity index is 2.05. The minimum Gasteiger partial charge on any atom is -0.493 e. The molecule has 8 heteroatoms. The number of hydrogen-bond donors (Lipinski definition) is 2. The van der Waals surface area contributed by atoms with Crippen molar-refractivity contribution in [3.63, 3.8) is 0 Å². The quantitative estimate of drug-likeness (QED) is 0.672. The Bertz CT molecular complexity index is 991. The Labute approximate surface area is 171 Å². The molecule has 2 aromatic rings. The van der Waals surface area contributed by atoms with Crippen LogP contribution >= 0.6 is 0 Å². The monoisotopic (exact) mass is 418 g/mol. The van der Waals surface area contributed by atoms with Crippen LogP contribution in [0.3, 0.4) is 0 Å². The van der Waals surface area contributed by atoms with Crippen molar-refractivity contribution in [1.29, 1.82) is 0 Å². The Morgan fingerprint density at radius 1 is 0.966 bits per heavy atom. The maximum atomic E-state index is 12.3. The van der Waals surface area contributed by atoms with Gasteiger partial charge in [0.25, 0.3) is 0 Å². The first-order valence-electron chi connectivity index (χ1n) is 8.89. The van der Waals surface area contributed by atoms with Gasteiger partial charge in [0.05, 0.1) is 19.1 Å². The molecule has 2 N–H and O–H groups in total. The third-order valence-electron chi connectivity index (χ3n) is 3.71. The van der Waals surface area contributed by atoms with Crippen molar-refractivity contribution in [2.24, 2.45) is 0 Å². The van der Waals surface area contributed by atoms with Crippen molar-refractivity contribution in [2.75, 3.05) is 19.5 Å². The summed E-state index contributed by atoms with van der Waals surface area (Å²) >= 11 is 0. The molecule has 7 nitrogen and oxygen atoms in total. The van der Waals surface area contributed by atoms with Crippen molar-refractivity contribution in [1.82, 2.24) is 4.72 Å². The van der Waals surface area contributed by atoms with Gasteiger partial charge in [0, 0.05) is 17.3 Å². The largest absolute Gasteiger partial charge is 0.493 e. The van der Waals surface area contributed by atoms with Gasteiger partial charge in [-0.3, -0.25) is 4.79 Å². The highest BCUT2D eigenvalue weighted by Gasteiger charge is 2.21. The number of nitrogens with one attached hydrogen (secondary N) is 2. The molecule has 0 aromatic heterocycles. The van der Waals surface area contributed by atoms with E-state index in [2.05, 4.69) is 10.0 Å². The maximum Gasteiger partial charge on any atom is 0.248 e. The highest BCUT2D eigenvalue weighted by Crippen LogP contribution is 2.28. The van der Waals surface area contributed by atoms with Gasteiger partial charge in [0.2, 0.25) is 15.9 Å². The van der Waals surface area contributed by atoms with Crippen LogP contribution in [-0.4, -0.2) is 34.1 Å². The number of amides is 1. The van der Waals surface area contributed by atoms with Crippen LogP contribution in [0.2, 0.25) is 0 Å². The molecule has 0 atom stereocenters. The molecule has 0 radical (unpaired) electrons. The summed E-state index contributed by atoms with van der Waals surface area (Å²) in [5, 5.41) is 2.69. The van der Waals surface area contributed by atoms with E-state index in [0.29, 0.717) is 17.2 Å². The van der Waals surface area contributed by atoms with Crippen LogP contribution in [-0.2, 0) is 14.8 Å². The molecule has 2 aromatic carbocycles. The summed E-state index contributed by atoms with van der Waals surface area (Å²) in [6.07, 6.45) is 3.02. The molecule has 29 heavy (non-hydrogen) atoms. The van der Waals surface area contributed by atoms with E-state index in [1.54, 1.807) is 71.4 Å². The summed E-state index contributed by atoms with van der Waals surface area (Å²) in [7, 11) is -0.528. The summed E-state index contributed by atoms with van der Waals surface area (Å²) in [4.78, 5) is 12.3. The Morgan fingerprint density at radius 2 is 1.59 bits per heavy atom. The molecule has 0 saturated heterocycles. The summed E-state index contributed by atoms with van der Waals surface area (Å²) in [6, 6.07) is 11.3. The van der Waals surface area contributed by atoms with Gasteiger partial charge in [0.15, 0.2) is 11.5 Å². The van der Waals surface area contributed by atoms with Crippen molar-refractivity contribution >= 4 is 27.7 Å². The van der Waals surface area contributed by atoms with E-state index in [1.807, 2.05) is 0 Å². The number of sulfonamides is 1. The number of methoxy groups -OCH3 is 2. The highest BCUT2D eigenvalue weighted by molar-refractivity contribution is 7.89. The molecule has 2 rings (SSSR count). The van der Waals surface area contributed by atoms with Crippen molar-refractivity contribution in [2.45, 2.75) is 31.2 Å². The highest BCUT2D eigenvalue weighted by atomic mass is 32.2. The van der Waals surface area contributed by atoms with Crippen LogP contribution in [0.5, 0.6) is 11.5 Å². The van der Waals surface area contributed by atoms with Gasteiger partial charge in [-0.15, -0.1) is 0 Å². The molecule has 0 spiro atoms. The van der Waals surface area contributed by atoms with E-state index in [0.717, 1.165) is 5.56 Å². The third kappa shape index (κ3) is 6.62. The third-order valence-corrected chi connectivity index (χ3v) is 5.48. The second-order valence-corrected chi connectivity index (χ2v) is 9.00. The van der Waals surface area contributed by atoms with E-state index < -0.39 is 15.6 Å². The zero-order valence-electron chi connectivity index (χ0n) is 17.1. The van der Waals surface area contributed by atoms with Crippen molar-refractivity contribution in [3.05, 3.63) is 54.1 Å². The average Bonchev–Trinajstić information content (AvgIpc) is 2.64. The number of carbonyl (C=O) groups excluding carboxylic acids is 1. The minimum atomic E-state index is -3.62. The molecule has 0 aliphatic carbocycles. The molecule has 0 saturated carbocycles. The lowest BCUT2D eigenvalue weighted by Gasteiger charge is -2.20. The van der Waals surface area contributed by atoms with Crippen LogP contribution in [0.1, 0.15) is 26.3 Å². The zero-order valence-corrected chi connectivity index (χ0v) is 18.0. The average molecular weight is 419 g/mol. The summed E-state index contributed by atoms with van der Waals surface area (Å²) < 4.78 is 37.6. The standard InChI is InChI=1S/C21H26N2O5S/c1-21(2,3)23-29(25,26)17-10-8-16(9-11-17)22-20(24)13-7-15-6-12-18(27-4)19(14-15)28-5/h6-14,23H,1-5H3,(H,22,24)/b13-7+. The van der Waals surface area contributed by atoms with Crippen LogP contribution in [0, 0.1) is 0 Å². The predicted octanol–water partition coefficient (Wildman–Crippen LogP) is 3.43. The topological polar surface area (TPSA) is 93.7 Å². The molecule has 0 bridgehead atoms. The van der Waals surface area contributed by atoms with E-state index in [4.69, 9.17) is 9.47 Å². The molecule has 0 fully saturated rings. The second-order valence-electron chi connectivity index (χ2n) is 7.32. The Morgan fingerprint density at radius 3 is 2.14 bits per heavy atom. The smallest absolute Gasteiger partial charge is 0.248 e. The van der Waals surface area contributed by atoms with Gasteiger partial charge in [-0.05, 0) is 68.8 Å². The molecular weight excluding hydrogens is 392 g/mol. The van der Waals surface area contributed by atoms with E-state index in [1.165, 1.54) is 18.2 Å². The van der Waals surface area contributed by atoms with Gasteiger partial charge < -0.3 is 14.8 Å². The van der Waals surface area contributed by atoms with Gasteiger partial charge in [0.1, 0.15) is 0 Å². The molecule has 0 aliphatic heterocycles. The van der Waals surface area contributed by atoms with Gasteiger partial charge >= 0.3 is 0 Å². The molecular formula is C21H26N2O5S. The number of hydrogen-bond acceptors (Lipinski definition) is 5. The van der Waals surface area contributed by atoms with Gasteiger partial charge in [-0.1, -0.05) is 6.07 Å². The van der Waals surface area contributed by atoms with Crippen LogP contribution < -0.4 is 19.5 Å². The first-order chi connectivity index (χ1) is 13.5. The summed E-state index contributed by atoms with van der Waals surface area (Å²) in [5.41, 5.74) is 0.676. The van der Waals surface area contributed by atoms with Gasteiger partial charge in [-0.2, -0.15) is 0 Å².